The molecule has 1 amide bonds. The highest BCUT2D eigenvalue weighted by Gasteiger charge is 2.33. The number of nitro groups is 1. The van der Waals surface area contributed by atoms with Crippen molar-refractivity contribution in [2.24, 2.45) is 5.92 Å². The minimum atomic E-state index is -3.85. The maximum absolute atomic E-state index is 13.1. The third-order valence-corrected chi connectivity index (χ3v) is 7.08. The highest BCUT2D eigenvalue weighted by molar-refractivity contribution is 7.89. The second kappa shape index (κ2) is 9.63. The molecular formula is C20H22ClN3O6S. The van der Waals surface area contributed by atoms with Gasteiger partial charge >= 0.3 is 0 Å². The smallest absolute Gasteiger partial charge is 0.271 e. The van der Waals surface area contributed by atoms with Crippen LogP contribution in [0.5, 0.6) is 5.75 Å². The lowest BCUT2D eigenvalue weighted by molar-refractivity contribution is -0.384. The largest absolute Gasteiger partial charge is 0.492 e. The molecule has 0 bridgehead atoms. The molecule has 3 rings (SSSR count). The maximum Gasteiger partial charge on any atom is 0.271 e. The van der Waals surface area contributed by atoms with Crippen LogP contribution in [0.3, 0.4) is 0 Å². The van der Waals surface area contributed by atoms with E-state index in [-0.39, 0.29) is 40.3 Å². The Kier molecular flexibility index (Phi) is 7.14. The van der Waals surface area contributed by atoms with Crippen molar-refractivity contribution in [1.29, 1.82) is 0 Å². The Labute approximate surface area is 185 Å². The zero-order valence-corrected chi connectivity index (χ0v) is 18.4. The second-order valence-electron chi connectivity index (χ2n) is 7.02. The van der Waals surface area contributed by atoms with Gasteiger partial charge in [0.2, 0.25) is 15.9 Å². The first-order valence-corrected chi connectivity index (χ1v) is 11.5. The van der Waals surface area contributed by atoms with Crippen LogP contribution in [0, 0.1) is 16.0 Å². The molecule has 1 fully saturated rings. The minimum absolute atomic E-state index is 0.00786. The minimum Gasteiger partial charge on any atom is -0.492 e. The third-order valence-electron chi connectivity index (χ3n) is 4.92. The number of ether oxygens (including phenoxy) is 1. The van der Waals surface area contributed by atoms with E-state index in [9.17, 15) is 23.3 Å². The van der Waals surface area contributed by atoms with Crippen LogP contribution >= 0.6 is 11.6 Å². The zero-order valence-electron chi connectivity index (χ0n) is 16.8. The molecule has 1 atom stereocenters. The maximum atomic E-state index is 13.1. The van der Waals surface area contributed by atoms with E-state index in [1.165, 1.54) is 40.7 Å². The number of carbonyl (C=O) groups is 1. The second-order valence-corrected chi connectivity index (χ2v) is 9.37. The molecule has 0 aliphatic carbocycles. The van der Waals surface area contributed by atoms with Crippen molar-refractivity contribution in [2.75, 3.05) is 25.0 Å². The van der Waals surface area contributed by atoms with E-state index >= 15 is 0 Å². The van der Waals surface area contributed by atoms with Gasteiger partial charge < -0.3 is 10.1 Å². The van der Waals surface area contributed by atoms with Gasteiger partial charge in [0, 0.05) is 30.9 Å². The van der Waals surface area contributed by atoms with E-state index in [1.807, 2.05) is 0 Å². The molecule has 2 aromatic rings. The number of non-ortho nitro benzene ring substituents is 1. The number of carbonyl (C=O) groups excluding carboxylic acids is 1. The molecular weight excluding hydrogens is 446 g/mol. The number of piperidine rings is 1. The number of anilines is 1. The Morgan fingerprint density at radius 3 is 2.77 bits per heavy atom. The molecule has 11 heteroatoms. The van der Waals surface area contributed by atoms with Gasteiger partial charge in [0.15, 0.2) is 0 Å². The van der Waals surface area contributed by atoms with Gasteiger partial charge in [0.1, 0.15) is 5.75 Å². The number of hydrogen-bond donors (Lipinski definition) is 1. The van der Waals surface area contributed by atoms with Crippen molar-refractivity contribution in [3.05, 3.63) is 57.6 Å². The molecule has 1 aliphatic rings. The van der Waals surface area contributed by atoms with Crippen LogP contribution in [0.15, 0.2) is 47.4 Å². The lowest BCUT2D eigenvalue weighted by Crippen LogP contribution is -2.43. The summed E-state index contributed by atoms with van der Waals surface area (Å²) in [7, 11) is -3.85. The van der Waals surface area contributed by atoms with Gasteiger partial charge in [0.05, 0.1) is 27.4 Å². The number of benzene rings is 2. The number of halogens is 1. The van der Waals surface area contributed by atoms with E-state index in [1.54, 1.807) is 13.0 Å². The summed E-state index contributed by atoms with van der Waals surface area (Å²) in [6, 6.07) is 9.89. The molecule has 166 valence electrons. The highest BCUT2D eigenvalue weighted by atomic mass is 35.5. The Balaban J connectivity index is 1.73. The van der Waals surface area contributed by atoms with E-state index in [2.05, 4.69) is 5.32 Å². The molecule has 1 unspecified atom stereocenters. The van der Waals surface area contributed by atoms with Crippen LogP contribution in [0.25, 0.3) is 0 Å². The van der Waals surface area contributed by atoms with E-state index in [4.69, 9.17) is 16.3 Å². The average Bonchev–Trinajstić information content (AvgIpc) is 2.75. The van der Waals surface area contributed by atoms with Crippen molar-refractivity contribution >= 4 is 38.9 Å². The Morgan fingerprint density at radius 2 is 2.10 bits per heavy atom. The fourth-order valence-electron chi connectivity index (χ4n) is 3.38. The van der Waals surface area contributed by atoms with Gasteiger partial charge in [-0.05, 0) is 44.0 Å². The lowest BCUT2D eigenvalue weighted by atomic mass is 9.98. The fourth-order valence-corrected chi connectivity index (χ4v) is 5.23. The topological polar surface area (TPSA) is 119 Å². The molecule has 0 radical (unpaired) electrons. The molecule has 1 heterocycles. The van der Waals surface area contributed by atoms with E-state index < -0.39 is 20.9 Å². The molecule has 9 nitrogen and oxygen atoms in total. The van der Waals surface area contributed by atoms with E-state index in [0.717, 1.165) is 0 Å². The van der Waals surface area contributed by atoms with E-state index in [0.29, 0.717) is 25.2 Å². The molecule has 31 heavy (non-hydrogen) atoms. The summed E-state index contributed by atoms with van der Waals surface area (Å²) in [5.74, 6) is -0.568. The number of rotatable bonds is 7. The summed E-state index contributed by atoms with van der Waals surface area (Å²) in [6.45, 7) is 2.49. The number of sulfonamides is 1. The normalized spacial score (nSPS) is 17.2. The number of nitrogens with one attached hydrogen (secondary N) is 1. The first-order valence-electron chi connectivity index (χ1n) is 9.70. The number of nitrogens with zero attached hydrogens (tertiary/aromatic N) is 2. The molecule has 0 spiro atoms. The number of amides is 1. The quantitative estimate of drug-likeness (QED) is 0.490. The van der Waals surface area contributed by atoms with Crippen molar-refractivity contribution < 1.29 is 22.9 Å². The highest BCUT2D eigenvalue weighted by Crippen LogP contribution is 2.31. The average molecular weight is 468 g/mol. The van der Waals surface area contributed by atoms with Gasteiger partial charge in [-0.3, -0.25) is 14.9 Å². The van der Waals surface area contributed by atoms with Crippen LogP contribution in [-0.2, 0) is 14.8 Å². The fraction of sp³-hybridized carbons (Fsp3) is 0.350. The summed E-state index contributed by atoms with van der Waals surface area (Å²) in [5, 5.41) is 13.8. The molecule has 0 aromatic heterocycles. The summed E-state index contributed by atoms with van der Waals surface area (Å²) < 4.78 is 32.8. The van der Waals surface area contributed by atoms with Gasteiger partial charge in [-0.25, -0.2) is 8.42 Å². The molecule has 1 N–H and O–H groups in total. The monoisotopic (exact) mass is 467 g/mol. The third kappa shape index (κ3) is 5.33. The Morgan fingerprint density at radius 1 is 1.32 bits per heavy atom. The number of hydrogen-bond acceptors (Lipinski definition) is 6. The van der Waals surface area contributed by atoms with Gasteiger partial charge in [0.25, 0.3) is 5.69 Å². The summed E-state index contributed by atoms with van der Waals surface area (Å²) in [6.07, 6.45) is 1.02. The lowest BCUT2D eigenvalue weighted by Gasteiger charge is -2.31. The Hall–Kier alpha value is -2.69. The molecule has 1 aliphatic heterocycles. The van der Waals surface area contributed by atoms with Crippen LogP contribution in [0.2, 0.25) is 5.02 Å². The number of nitro benzene ring substituents is 1. The van der Waals surface area contributed by atoms with Crippen molar-refractivity contribution in [3.8, 4) is 5.75 Å². The SMILES string of the molecule is CCOc1ccc(S(=O)(=O)N2CCCC(C(=O)Nc3cccc([N+](=O)[O-])c3)C2)cc1Cl. The summed E-state index contributed by atoms with van der Waals surface area (Å²) in [5.41, 5.74) is 0.149. The van der Waals surface area contributed by atoms with Gasteiger partial charge in [-0.15, -0.1) is 0 Å². The van der Waals surface area contributed by atoms with Crippen molar-refractivity contribution in [2.45, 2.75) is 24.7 Å². The van der Waals surface area contributed by atoms with Crippen LogP contribution in [-0.4, -0.2) is 43.2 Å². The summed E-state index contributed by atoms with van der Waals surface area (Å²) in [4.78, 5) is 23.1. The zero-order chi connectivity index (χ0) is 22.6. The standard InChI is InChI=1S/C20H22ClN3O6S/c1-2-30-19-9-8-17(12-18(19)21)31(28,29)23-10-4-5-14(13-23)20(25)22-15-6-3-7-16(11-15)24(26)27/h3,6-9,11-12,14H,2,4-5,10,13H2,1H3,(H,22,25). The van der Waals surface area contributed by atoms with Crippen LogP contribution in [0.1, 0.15) is 19.8 Å². The molecule has 0 saturated carbocycles. The van der Waals surface area contributed by atoms with Crippen molar-refractivity contribution in [1.82, 2.24) is 4.31 Å². The predicted octanol–water partition coefficient (Wildman–Crippen LogP) is 3.69. The Bertz CT molecular complexity index is 1090. The summed E-state index contributed by atoms with van der Waals surface area (Å²) >= 11 is 6.14. The first-order chi connectivity index (χ1) is 14.7. The molecule has 2 aromatic carbocycles. The van der Waals surface area contributed by atoms with Crippen molar-refractivity contribution in [3.63, 3.8) is 0 Å². The first kappa shape index (κ1) is 23.0. The van der Waals surface area contributed by atoms with Crippen LogP contribution < -0.4 is 10.1 Å². The van der Waals surface area contributed by atoms with Gasteiger partial charge in [-0.2, -0.15) is 4.31 Å². The van der Waals surface area contributed by atoms with Crippen LogP contribution in [0.4, 0.5) is 11.4 Å². The van der Waals surface area contributed by atoms with Gasteiger partial charge in [-0.1, -0.05) is 17.7 Å². The molecule has 1 saturated heterocycles. The predicted molar refractivity (Wildman–Crippen MR) is 116 cm³/mol.